The van der Waals surface area contributed by atoms with Gasteiger partial charge in [-0.05, 0) is 6.07 Å². The molecule has 0 aliphatic rings. The molecule has 0 aliphatic heterocycles. The van der Waals surface area contributed by atoms with E-state index < -0.39 is 29.1 Å². The summed E-state index contributed by atoms with van der Waals surface area (Å²) in [5.74, 6) is -3.62. The van der Waals surface area contributed by atoms with Crippen LogP contribution in [0.25, 0.3) is 0 Å². The molecule has 0 amide bonds. The van der Waals surface area contributed by atoms with Gasteiger partial charge >= 0.3 is 12.1 Å². The van der Waals surface area contributed by atoms with Gasteiger partial charge in [0.25, 0.3) is 5.60 Å². The lowest BCUT2D eigenvalue weighted by molar-refractivity contribution is -0.274. The van der Waals surface area contributed by atoms with Crippen LogP contribution in [0.3, 0.4) is 0 Å². The number of rotatable bonds is 3. The van der Waals surface area contributed by atoms with Crippen LogP contribution in [0, 0.1) is 5.82 Å². The molecule has 1 aromatic rings. The number of alkyl halides is 3. The van der Waals surface area contributed by atoms with Crippen molar-refractivity contribution in [1.82, 2.24) is 0 Å². The molecule has 94 valence electrons. The normalized spacial score (nSPS) is 15.4. The molecule has 0 saturated carbocycles. The van der Waals surface area contributed by atoms with Crippen molar-refractivity contribution >= 4 is 5.97 Å². The number of ether oxygens (including phenoxy) is 1. The smallest absolute Gasteiger partial charge is 0.432 e. The summed E-state index contributed by atoms with van der Waals surface area (Å²) in [6.45, 7) is 0. The van der Waals surface area contributed by atoms with E-state index >= 15 is 0 Å². The van der Waals surface area contributed by atoms with E-state index in [1.54, 1.807) is 0 Å². The number of carboxylic acid groups (broad SMARTS) is 1. The van der Waals surface area contributed by atoms with Crippen LogP contribution in [-0.2, 0) is 15.1 Å². The molecule has 17 heavy (non-hydrogen) atoms. The summed E-state index contributed by atoms with van der Waals surface area (Å²) in [6, 6.07) is 3.70. The number of benzene rings is 1. The maximum absolute atomic E-state index is 13.3. The Morgan fingerprint density at radius 1 is 1.29 bits per heavy atom. The molecule has 7 heteroatoms. The fourth-order valence-electron chi connectivity index (χ4n) is 1.45. The van der Waals surface area contributed by atoms with Gasteiger partial charge < -0.3 is 9.84 Å². The Morgan fingerprint density at radius 2 is 1.82 bits per heavy atom. The van der Waals surface area contributed by atoms with Crippen LogP contribution >= 0.6 is 0 Å². The molecule has 0 heterocycles. The SMILES string of the molecule is COC(C(=O)O)(c1ccccc1F)C(F)(F)F. The van der Waals surface area contributed by atoms with Gasteiger partial charge in [-0.2, -0.15) is 13.2 Å². The summed E-state index contributed by atoms with van der Waals surface area (Å²) < 4.78 is 55.8. The van der Waals surface area contributed by atoms with Crippen molar-refractivity contribution in [2.24, 2.45) is 0 Å². The molecule has 3 nitrogen and oxygen atoms in total. The number of hydrogen-bond donors (Lipinski definition) is 1. The summed E-state index contributed by atoms with van der Waals surface area (Å²) in [5, 5.41) is 8.73. The van der Waals surface area contributed by atoms with E-state index in [1.807, 2.05) is 0 Å². The number of aliphatic carboxylic acids is 1. The Hall–Kier alpha value is -1.63. The molecule has 1 N–H and O–H groups in total. The minimum Gasteiger partial charge on any atom is -0.479 e. The van der Waals surface area contributed by atoms with E-state index in [4.69, 9.17) is 5.11 Å². The summed E-state index contributed by atoms with van der Waals surface area (Å²) >= 11 is 0. The van der Waals surface area contributed by atoms with Crippen molar-refractivity contribution in [3.63, 3.8) is 0 Å². The molecule has 1 rings (SSSR count). The first-order valence-electron chi connectivity index (χ1n) is 4.37. The van der Waals surface area contributed by atoms with Gasteiger partial charge in [-0.3, -0.25) is 0 Å². The molecule has 0 aromatic heterocycles. The van der Waals surface area contributed by atoms with Gasteiger partial charge in [0.15, 0.2) is 0 Å². The highest BCUT2D eigenvalue weighted by atomic mass is 19.4. The fourth-order valence-corrected chi connectivity index (χ4v) is 1.45. The first kappa shape index (κ1) is 13.4. The third kappa shape index (κ3) is 1.97. The molecule has 1 unspecified atom stereocenters. The van der Waals surface area contributed by atoms with E-state index in [9.17, 15) is 22.4 Å². The predicted molar refractivity (Wildman–Crippen MR) is 48.8 cm³/mol. The summed E-state index contributed by atoms with van der Waals surface area (Å²) in [6.07, 6.45) is -5.28. The minimum absolute atomic E-state index is 0.564. The maximum atomic E-state index is 13.3. The van der Waals surface area contributed by atoms with Gasteiger partial charge in [-0.15, -0.1) is 0 Å². The van der Waals surface area contributed by atoms with Crippen molar-refractivity contribution in [3.8, 4) is 0 Å². The Kier molecular flexibility index (Phi) is 3.42. The van der Waals surface area contributed by atoms with Crippen LogP contribution in [0.1, 0.15) is 5.56 Å². The van der Waals surface area contributed by atoms with E-state index in [1.165, 1.54) is 0 Å². The molecular formula is C10H8F4O3. The van der Waals surface area contributed by atoms with E-state index in [2.05, 4.69) is 4.74 Å². The second-order valence-electron chi connectivity index (χ2n) is 3.17. The van der Waals surface area contributed by atoms with Crippen LogP contribution in [0.5, 0.6) is 0 Å². The zero-order valence-corrected chi connectivity index (χ0v) is 8.58. The summed E-state index contributed by atoms with van der Waals surface area (Å²) in [4.78, 5) is 10.8. The third-order valence-corrected chi connectivity index (χ3v) is 2.26. The fraction of sp³-hybridized carbons (Fsp3) is 0.300. The number of halogens is 4. The Balaban J connectivity index is 3.55. The lowest BCUT2D eigenvalue weighted by Crippen LogP contribution is -2.51. The van der Waals surface area contributed by atoms with Crippen LogP contribution in [-0.4, -0.2) is 24.4 Å². The highest BCUT2D eigenvalue weighted by Gasteiger charge is 2.64. The molecule has 0 radical (unpaired) electrons. The van der Waals surface area contributed by atoms with Crippen molar-refractivity contribution in [1.29, 1.82) is 0 Å². The minimum atomic E-state index is -5.28. The maximum Gasteiger partial charge on any atom is 0.432 e. The summed E-state index contributed by atoms with van der Waals surface area (Å²) in [5.41, 5.74) is -4.78. The molecule has 1 atom stereocenters. The number of methoxy groups -OCH3 is 1. The Labute approximate surface area is 93.6 Å². The Bertz CT molecular complexity index is 430. The molecular weight excluding hydrogens is 244 g/mol. The Morgan fingerprint density at radius 3 is 2.18 bits per heavy atom. The van der Waals surface area contributed by atoms with Crippen molar-refractivity contribution < 1.29 is 32.2 Å². The topological polar surface area (TPSA) is 46.5 Å². The lowest BCUT2D eigenvalue weighted by Gasteiger charge is -2.30. The van der Waals surface area contributed by atoms with E-state index in [0.29, 0.717) is 7.11 Å². The highest BCUT2D eigenvalue weighted by molar-refractivity contribution is 5.80. The molecule has 0 fully saturated rings. The van der Waals surface area contributed by atoms with Gasteiger partial charge in [-0.1, -0.05) is 18.2 Å². The van der Waals surface area contributed by atoms with Crippen LogP contribution in [0.15, 0.2) is 24.3 Å². The third-order valence-electron chi connectivity index (χ3n) is 2.26. The standard InChI is InChI=1S/C10H8F4O3/c1-17-9(8(15)16,10(12,13)14)6-4-2-3-5-7(6)11/h2-5H,1H3,(H,15,16). The van der Waals surface area contributed by atoms with Crippen molar-refractivity contribution in [2.75, 3.05) is 7.11 Å². The second-order valence-corrected chi connectivity index (χ2v) is 3.17. The largest absolute Gasteiger partial charge is 0.479 e. The van der Waals surface area contributed by atoms with Gasteiger partial charge in [-0.25, -0.2) is 9.18 Å². The molecule has 0 aliphatic carbocycles. The van der Waals surface area contributed by atoms with Gasteiger partial charge in [0, 0.05) is 12.7 Å². The van der Waals surface area contributed by atoms with E-state index in [0.717, 1.165) is 24.3 Å². The second kappa shape index (κ2) is 4.33. The first-order valence-corrected chi connectivity index (χ1v) is 4.37. The number of carbonyl (C=O) groups is 1. The van der Waals surface area contributed by atoms with Crippen LogP contribution < -0.4 is 0 Å². The highest BCUT2D eigenvalue weighted by Crippen LogP contribution is 2.42. The van der Waals surface area contributed by atoms with Crippen LogP contribution in [0.2, 0.25) is 0 Å². The van der Waals surface area contributed by atoms with E-state index in [-0.39, 0.29) is 0 Å². The van der Waals surface area contributed by atoms with Gasteiger partial charge in [0.1, 0.15) is 5.82 Å². The number of hydrogen-bond acceptors (Lipinski definition) is 2. The monoisotopic (exact) mass is 252 g/mol. The van der Waals surface area contributed by atoms with Gasteiger partial charge in [0.05, 0.1) is 0 Å². The van der Waals surface area contributed by atoms with Crippen LogP contribution in [0.4, 0.5) is 17.6 Å². The average molecular weight is 252 g/mol. The molecule has 1 aromatic carbocycles. The molecule has 0 bridgehead atoms. The zero-order chi connectivity index (χ0) is 13.3. The number of carboxylic acids is 1. The van der Waals surface area contributed by atoms with Gasteiger partial charge in [0.2, 0.25) is 0 Å². The summed E-state index contributed by atoms with van der Waals surface area (Å²) in [7, 11) is 0.564. The predicted octanol–water partition coefficient (Wildman–Crippen LogP) is 2.31. The molecule has 0 saturated heterocycles. The quantitative estimate of drug-likeness (QED) is 0.840. The molecule has 0 spiro atoms. The van der Waals surface area contributed by atoms with Crippen molar-refractivity contribution in [3.05, 3.63) is 35.6 Å². The zero-order valence-electron chi connectivity index (χ0n) is 8.58. The lowest BCUT2D eigenvalue weighted by atomic mass is 9.92. The first-order chi connectivity index (χ1) is 7.77. The van der Waals surface area contributed by atoms with Crippen molar-refractivity contribution in [2.45, 2.75) is 11.8 Å². The average Bonchev–Trinajstić information content (AvgIpc) is 2.19.